The van der Waals surface area contributed by atoms with Gasteiger partial charge in [-0.2, -0.15) is 6.07 Å². The van der Waals surface area contributed by atoms with Crippen LogP contribution in [0, 0.1) is 12.1 Å². The van der Waals surface area contributed by atoms with Gasteiger partial charge in [-0.05, 0) is 46.7 Å². The first-order chi connectivity index (χ1) is 22.9. The van der Waals surface area contributed by atoms with Crippen LogP contribution in [0.4, 0.5) is 0 Å². The average molecular weight is 804 g/mol. The normalized spacial score (nSPS) is 11.5. The fourth-order valence-electron chi connectivity index (χ4n) is 6.04. The second-order valence-corrected chi connectivity index (χ2v) is 12.6. The molecule has 236 valence electrons. The molecule has 3 aromatic heterocycles. The van der Waals surface area contributed by atoms with E-state index in [1.807, 2.05) is 66.9 Å². The van der Waals surface area contributed by atoms with Crippen LogP contribution in [0.1, 0.15) is 26.3 Å². The molecule has 6 heteroatoms. The van der Waals surface area contributed by atoms with E-state index in [1.54, 1.807) is 0 Å². The van der Waals surface area contributed by atoms with Gasteiger partial charge in [0.15, 0.2) is 0 Å². The van der Waals surface area contributed by atoms with Gasteiger partial charge in [-0.3, -0.25) is 4.98 Å². The van der Waals surface area contributed by atoms with Gasteiger partial charge in [0.05, 0.1) is 11.5 Å². The summed E-state index contributed by atoms with van der Waals surface area (Å²) in [5.41, 5.74) is 6.98. The second kappa shape index (κ2) is 12.7. The van der Waals surface area contributed by atoms with Crippen LogP contribution >= 0.6 is 0 Å². The van der Waals surface area contributed by atoms with E-state index in [2.05, 4.69) is 115 Å². The fraction of sp³-hybridized carbons (Fsp3) is 0.0952. The average Bonchev–Trinajstić information content (AvgIpc) is 3.69. The van der Waals surface area contributed by atoms with Crippen molar-refractivity contribution >= 4 is 21.8 Å². The number of nitrogens with zero attached hydrogens (tertiary/aromatic N) is 4. The van der Waals surface area contributed by atoms with Crippen LogP contribution < -0.4 is 4.74 Å². The first kappa shape index (κ1) is 31.4. The molecule has 0 atom stereocenters. The maximum Gasteiger partial charge on any atom is 2.00 e. The Kier molecular flexibility index (Phi) is 8.33. The Morgan fingerprint density at radius 3 is 2.21 bits per heavy atom. The number of aromatic nitrogens is 4. The van der Waals surface area contributed by atoms with Gasteiger partial charge in [-0.15, -0.1) is 41.3 Å². The third-order valence-electron chi connectivity index (χ3n) is 8.44. The van der Waals surface area contributed by atoms with Crippen molar-refractivity contribution in [3.8, 4) is 45.6 Å². The zero-order chi connectivity index (χ0) is 32.0. The summed E-state index contributed by atoms with van der Waals surface area (Å²) >= 11 is 0. The van der Waals surface area contributed by atoms with Crippen LogP contribution in [-0.2, 0) is 26.5 Å². The maximum atomic E-state index is 6.47. The molecule has 5 aromatic carbocycles. The molecule has 0 saturated heterocycles. The van der Waals surface area contributed by atoms with Crippen molar-refractivity contribution in [1.29, 1.82) is 0 Å². The molecule has 0 aliphatic rings. The molecule has 5 nitrogen and oxygen atoms in total. The summed E-state index contributed by atoms with van der Waals surface area (Å²) in [6, 6.07) is 50.2. The molecular weight excluding hydrogens is 772 g/mol. The van der Waals surface area contributed by atoms with E-state index >= 15 is 0 Å². The largest absolute Gasteiger partial charge is 2.00 e. The molecule has 3 heterocycles. The van der Waals surface area contributed by atoms with Gasteiger partial charge in [0.2, 0.25) is 0 Å². The van der Waals surface area contributed by atoms with Crippen LogP contribution in [0.2, 0.25) is 0 Å². The van der Waals surface area contributed by atoms with Crippen molar-refractivity contribution in [2.45, 2.75) is 26.2 Å². The Morgan fingerprint density at radius 2 is 1.42 bits per heavy atom. The quantitative estimate of drug-likeness (QED) is 0.157. The number of rotatable bonds is 6. The van der Waals surface area contributed by atoms with Crippen LogP contribution in [-0.4, -0.2) is 19.1 Å². The minimum absolute atomic E-state index is 0. The Labute approximate surface area is 294 Å². The minimum atomic E-state index is -0.00757. The summed E-state index contributed by atoms with van der Waals surface area (Å²) in [7, 11) is 0. The molecule has 0 saturated carbocycles. The fourth-order valence-corrected chi connectivity index (χ4v) is 6.04. The van der Waals surface area contributed by atoms with E-state index in [9.17, 15) is 0 Å². The van der Waals surface area contributed by atoms with E-state index in [4.69, 9.17) is 14.7 Å². The number of imidazole rings is 1. The topological polar surface area (TPSA) is 44.9 Å². The molecule has 8 rings (SSSR count). The van der Waals surface area contributed by atoms with E-state index < -0.39 is 0 Å². The summed E-state index contributed by atoms with van der Waals surface area (Å²) < 4.78 is 10.7. The van der Waals surface area contributed by atoms with Crippen molar-refractivity contribution in [2.75, 3.05) is 0 Å². The summed E-state index contributed by atoms with van der Waals surface area (Å²) in [6.45, 7) is 6.65. The second-order valence-electron chi connectivity index (χ2n) is 12.6. The number of ether oxygens (including phenoxy) is 1. The minimum Gasteiger partial charge on any atom is -0.503 e. The zero-order valence-corrected chi connectivity index (χ0v) is 29.1. The van der Waals surface area contributed by atoms with Crippen LogP contribution in [0.25, 0.3) is 56.0 Å². The Balaban J connectivity index is 0.00000364. The number of para-hydroxylation sites is 2. The van der Waals surface area contributed by atoms with E-state index in [0.29, 0.717) is 11.5 Å². The third kappa shape index (κ3) is 5.87. The summed E-state index contributed by atoms with van der Waals surface area (Å²) in [5.74, 6) is 2.81. The van der Waals surface area contributed by atoms with Crippen LogP contribution in [0.5, 0.6) is 11.5 Å². The summed E-state index contributed by atoms with van der Waals surface area (Å²) in [4.78, 5) is 9.87. The zero-order valence-electron chi connectivity index (χ0n) is 26.8. The Hall–Kier alpha value is -5.25. The smallest absolute Gasteiger partial charge is 0.503 e. The predicted molar refractivity (Wildman–Crippen MR) is 189 cm³/mol. The van der Waals surface area contributed by atoms with Gasteiger partial charge in [-0.25, -0.2) is 4.98 Å². The number of hydrogen-bond donors (Lipinski definition) is 0. The van der Waals surface area contributed by atoms with Gasteiger partial charge in [0.1, 0.15) is 5.82 Å². The van der Waals surface area contributed by atoms with E-state index in [-0.39, 0.29) is 26.5 Å². The van der Waals surface area contributed by atoms with Gasteiger partial charge >= 0.3 is 21.1 Å². The molecule has 8 aromatic rings. The predicted octanol–water partition coefficient (Wildman–Crippen LogP) is 10.4. The van der Waals surface area contributed by atoms with Crippen LogP contribution in [0.15, 0.2) is 140 Å². The molecule has 0 N–H and O–H groups in total. The molecular formula is C42H32N4OPt. The SMILES string of the molecule is CC(C)(C)c1ccnc(-n2c3[c-]c(Oc4[c-]c(-c5nc(-c6ccccc6)cn5-c5ccccc5)ccc4)ccc3c3ccccc32)c1.[Pt+2]. The summed E-state index contributed by atoms with van der Waals surface area (Å²) in [5, 5.41) is 2.23. The van der Waals surface area contributed by atoms with Gasteiger partial charge < -0.3 is 13.9 Å². The van der Waals surface area contributed by atoms with E-state index in [0.717, 1.165) is 56.0 Å². The molecule has 0 fully saturated rings. The summed E-state index contributed by atoms with van der Waals surface area (Å²) in [6.07, 6.45) is 3.96. The Morgan fingerprint density at radius 1 is 0.688 bits per heavy atom. The van der Waals surface area contributed by atoms with Crippen LogP contribution in [0.3, 0.4) is 0 Å². The van der Waals surface area contributed by atoms with Crippen molar-refractivity contribution < 1.29 is 25.8 Å². The third-order valence-corrected chi connectivity index (χ3v) is 8.44. The molecule has 0 spiro atoms. The van der Waals surface area contributed by atoms with Crippen molar-refractivity contribution in [1.82, 2.24) is 19.1 Å². The molecule has 0 aliphatic heterocycles. The number of pyridine rings is 1. The molecule has 0 unspecified atom stereocenters. The first-order valence-corrected chi connectivity index (χ1v) is 15.8. The monoisotopic (exact) mass is 803 g/mol. The molecule has 0 bridgehead atoms. The number of fused-ring (bicyclic) bond motifs is 3. The first-order valence-electron chi connectivity index (χ1n) is 15.8. The van der Waals surface area contributed by atoms with E-state index in [1.165, 1.54) is 5.56 Å². The number of hydrogen-bond acceptors (Lipinski definition) is 3. The number of benzene rings is 5. The van der Waals surface area contributed by atoms with Gasteiger partial charge in [0, 0.05) is 40.7 Å². The van der Waals surface area contributed by atoms with Gasteiger partial charge in [0.25, 0.3) is 0 Å². The molecule has 0 aliphatic carbocycles. The van der Waals surface area contributed by atoms with Crippen molar-refractivity contribution in [2.24, 2.45) is 0 Å². The Bertz CT molecular complexity index is 2370. The molecule has 0 radical (unpaired) electrons. The molecule has 48 heavy (non-hydrogen) atoms. The van der Waals surface area contributed by atoms with Crippen molar-refractivity contribution in [3.05, 3.63) is 157 Å². The van der Waals surface area contributed by atoms with Crippen molar-refractivity contribution in [3.63, 3.8) is 0 Å². The molecule has 0 amide bonds. The standard InChI is InChI=1S/C42H32N4O.Pt/c1-42(2,3)31-23-24-43-40(26-31)46-38-20-11-10-19-35(38)36-22-21-34(27-39(36)46)47-33-18-12-15-30(25-33)41-44-37(29-13-6-4-7-14-29)28-45(41)32-16-8-5-9-17-32;/h4-24,26,28H,1-3H3;/q-2;+2. The maximum absolute atomic E-state index is 6.47. The van der Waals surface area contributed by atoms with Gasteiger partial charge in [-0.1, -0.05) is 99.1 Å².